The smallest absolute Gasteiger partial charge is 0.130 e. The first-order valence-corrected chi connectivity index (χ1v) is 6.93. The number of hydrogen-bond donors (Lipinski definition) is 1. The van der Waals surface area contributed by atoms with Gasteiger partial charge in [-0.2, -0.15) is 0 Å². The maximum Gasteiger partial charge on any atom is 0.130 e. The van der Waals surface area contributed by atoms with Crippen molar-refractivity contribution in [1.82, 2.24) is 5.32 Å². The van der Waals surface area contributed by atoms with Gasteiger partial charge in [0.1, 0.15) is 11.6 Å². The average Bonchev–Trinajstić information content (AvgIpc) is 2.45. The molecule has 1 N–H and O–H groups in total. The number of rotatable bonds is 6. The minimum Gasteiger partial charge on any atom is -0.310 e. The van der Waals surface area contributed by atoms with Crippen LogP contribution in [0.2, 0.25) is 0 Å². The van der Waals surface area contributed by atoms with E-state index in [1.54, 1.807) is 0 Å². The van der Waals surface area contributed by atoms with Crippen LogP contribution in [0.25, 0.3) is 0 Å². The highest BCUT2D eigenvalue weighted by atomic mass is 19.1. The van der Waals surface area contributed by atoms with Crippen LogP contribution in [0.4, 0.5) is 8.78 Å². The minimum absolute atomic E-state index is 0.141. The zero-order valence-electron chi connectivity index (χ0n) is 11.6. The van der Waals surface area contributed by atoms with Crippen molar-refractivity contribution in [3.8, 4) is 0 Å². The molecule has 0 aromatic heterocycles. The van der Waals surface area contributed by atoms with Crippen molar-refractivity contribution >= 4 is 0 Å². The SMILES string of the molecule is CCCNC(Cc1ccccc1)c1ccc(F)cc1F. The summed E-state index contributed by atoms with van der Waals surface area (Å²) in [5.74, 6) is -1.03. The molecule has 2 rings (SSSR count). The molecule has 0 aliphatic heterocycles. The molecule has 0 radical (unpaired) electrons. The quantitative estimate of drug-likeness (QED) is 0.831. The van der Waals surface area contributed by atoms with Gasteiger partial charge in [0.05, 0.1) is 0 Å². The summed E-state index contributed by atoms with van der Waals surface area (Å²) in [7, 11) is 0. The third-order valence-electron chi connectivity index (χ3n) is 3.26. The Morgan fingerprint density at radius 2 is 1.80 bits per heavy atom. The topological polar surface area (TPSA) is 12.0 Å². The molecule has 0 bridgehead atoms. The van der Waals surface area contributed by atoms with E-state index in [1.165, 1.54) is 12.1 Å². The van der Waals surface area contributed by atoms with E-state index in [2.05, 4.69) is 12.2 Å². The van der Waals surface area contributed by atoms with Gasteiger partial charge in [-0.05, 0) is 31.0 Å². The summed E-state index contributed by atoms with van der Waals surface area (Å²) >= 11 is 0. The standard InChI is InChI=1S/C17H19F2N/c1-2-10-20-17(11-13-6-4-3-5-7-13)15-9-8-14(18)12-16(15)19/h3-9,12,17,20H,2,10-11H2,1H3. The zero-order valence-corrected chi connectivity index (χ0v) is 11.6. The first kappa shape index (κ1) is 14.7. The molecule has 0 spiro atoms. The largest absolute Gasteiger partial charge is 0.310 e. The van der Waals surface area contributed by atoms with Crippen LogP contribution in [-0.2, 0) is 6.42 Å². The van der Waals surface area contributed by atoms with Crippen molar-refractivity contribution in [1.29, 1.82) is 0 Å². The first-order valence-electron chi connectivity index (χ1n) is 6.93. The zero-order chi connectivity index (χ0) is 14.4. The summed E-state index contributed by atoms with van der Waals surface area (Å²) in [6, 6.07) is 13.6. The number of nitrogens with one attached hydrogen (secondary N) is 1. The van der Waals surface area contributed by atoms with Gasteiger partial charge in [0.2, 0.25) is 0 Å². The van der Waals surface area contributed by atoms with Gasteiger partial charge in [0.15, 0.2) is 0 Å². The Bertz CT molecular complexity index is 540. The normalized spacial score (nSPS) is 12.3. The summed E-state index contributed by atoms with van der Waals surface area (Å²) in [5, 5.41) is 3.33. The van der Waals surface area contributed by atoms with Crippen LogP contribution in [0.5, 0.6) is 0 Å². The molecular formula is C17H19F2N. The lowest BCUT2D eigenvalue weighted by atomic mass is 9.98. The lowest BCUT2D eigenvalue weighted by molar-refractivity contribution is 0.491. The summed E-state index contributed by atoms with van der Waals surface area (Å²) in [6.07, 6.45) is 1.65. The molecule has 0 aliphatic rings. The van der Waals surface area contributed by atoms with E-state index in [4.69, 9.17) is 0 Å². The van der Waals surface area contributed by atoms with Gasteiger partial charge in [-0.3, -0.25) is 0 Å². The van der Waals surface area contributed by atoms with Gasteiger partial charge in [0.25, 0.3) is 0 Å². The number of benzene rings is 2. The molecule has 1 unspecified atom stereocenters. The Kier molecular flexibility index (Phi) is 5.24. The Morgan fingerprint density at radius 1 is 1.05 bits per heavy atom. The van der Waals surface area contributed by atoms with Crippen LogP contribution in [0.1, 0.15) is 30.5 Å². The Balaban J connectivity index is 2.22. The minimum atomic E-state index is -0.541. The third-order valence-corrected chi connectivity index (χ3v) is 3.26. The molecule has 0 saturated carbocycles. The fourth-order valence-electron chi connectivity index (χ4n) is 2.24. The highest BCUT2D eigenvalue weighted by Gasteiger charge is 2.16. The van der Waals surface area contributed by atoms with Gasteiger partial charge in [-0.1, -0.05) is 43.3 Å². The number of hydrogen-bond acceptors (Lipinski definition) is 1. The Labute approximate surface area is 118 Å². The lowest BCUT2D eigenvalue weighted by Gasteiger charge is -2.20. The summed E-state index contributed by atoms with van der Waals surface area (Å²) < 4.78 is 27.0. The van der Waals surface area contributed by atoms with Crippen LogP contribution in [0.15, 0.2) is 48.5 Å². The van der Waals surface area contributed by atoms with E-state index in [9.17, 15) is 8.78 Å². The molecule has 20 heavy (non-hydrogen) atoms. The van der Waals surface area contributed by atoms with Crippen molar-refractivity contribution in [3.63, 3.8) is 0 Å². The van der Waals surface area contributed by atoms with Crippen LogP contribution in [0, 0.1) is 11.6 Å². The second kappa shape index (κ2) is 7.15. The van der Waals surface area contributed by atoms with E-state index in [0.717, 1.165) is 24.6 Å². The van der Waals surface area contributed by atoms with Crippen molar-refractivity contribution in [2.75, 3.05) is 6.54 Å². The van der Waals surface area contributed by atoms with Crippen LogP contribution >= 0.6 is 0 Å². The fraction of sp³-hybridized carbons (Fsp3) is 0.294. The molecule has 1 atom stereocenters. The summed E-state index contributed by atoms with van der Waals surface area (Å²) in [5.41, 5.74) is 1.65. The second-order valence-corrected chi connectivity index (χ2v) is 4.86. The van der Waals surface area contributed by atoms with E-state index in [-0.39, 0.29) is 6.04 Å². The van der Waals surface area contributed by atoms with Gasteiger partial charge >= 0.3 is 0 Å². The highest BCUT2D eigenvalue weighted by Crippen LogP contribution is 2.22. The highest BCUT2D eigenvalue weighted by molar-refractivity contribution is 5.25. The molecule has 1 nitrogen and oxygen atoms in total. The second-order valence-electron chi connectivity index (χ2n) is 4.86. The first-order chi connectivity index (χ1) is 9.70. The lowest BCUT2D eigenvalue weighted by Crippen LogP contribution is -2.25. The molecule has 0 fully saturated rings. The molecule has 0 saturated heterocycles. The van der Waals surface area contributed by atoms with E-state index >= 15 is 0 Å². The van der Waals surface area contributed by atoms with Crippen molar-refractivity contribution in [2.24, 2.45) is 0 Å². The number of halogens is 2. The Morgan fingerprint density at radius 3 is 2.45 bits per heavy atom. The molecule has 2 aromatic rings. The summed E-state index contributed by atoms with van der Waals surface area (Å²) in [4.78, 5) is 0. The van der Waals surface area contributed by atoms with E-state index < -0.39 is 11.6 Å². The van der Waals surface area contributed by atoms with Gasteiger partial charge < -0.3 is 5.32 Å². The van der Waals surface area contributed by atoms with Gasteiger partial charge in [0, 0.05) is 17.7 Å². The van der Waals surface area contributed by atoms with E-state index in [1.807, 2.05) is 30.3 Å². The molecule has 3 heteroatoms. The monoisotopic (exact) mass is 275 g/mol. The van der Waals surface area contributed by atoms with E-state index in [0.29, 0.717) is 12.0 Å². The molecule has 106 valence electrons. The molecular weight excluding hydrogens is 256 g/mol. The predicted octanol–water partition coefficient (Wildman–Crippen LogP) is 4.25. The third kappa shape index (κ3) is 3.87. The van der Waals surface area contributed by atoms with Crippen molar-refractivity contribution in [2.45, 2.75) is 25.8 Å². The molecule has 2 aromatic carbocycles. The van der Waals surface area contributed by atoms with Gasteiger partial charge in [-0.15, -0.1) is 0 Å². The molecule has 0 amide bonds. The molecule has 0 heterocycles. The molecule has 0 aliphatic carbocycles. The van der Waals surface area contributed by atoms with Crippen LogP contribution in [-0.4, -0.2) is 6.54 Å². The van der Waals surface area contributed by atoms with Crippen molar-refractivity contribution in [3.05, 3.63) is 71.3 Å². The Hall–Kier alpha value is -1.74. The summed E-state index contributed by atoms with van der Waals surface area (Å²) in [6.45, 7) is 2.86. The maximum absolute atomic E-state index is 14.0. The maximum atomic E-state index is 14.0. The van der Waals surface area contributed by atoms with Crippen LogP contribution in [0.3, 0.4) is 0 Å². The van der Waals surface area contributed by atoms with Crippen molar-refractivity contribution < 1.29 is 8.78 Å². The fourth-order valence-corrected chi connectivity index (χ4v) is 2.24. The average molecular weight is 275 g/mol. The predicted molar refractivity (Wildman–Crippen MR) is 77.5 cm³/mol. The van der Waals surface area contributed by atoms with Crippen LogP contribution < -0.4 is 5.32 Å². The van der Waals surface area contributed by atoms with Gasteiger partial charge in [-0.25, -0.2) is 8.78 Å².